The van der Waals surface area contributed by atoms with Crippen molar-refractivity contribution in [3.05, 3.63) is 67.0 Å². The predicted octanol–water partition coefficient (Wildman–Crippen LogP) is 5.26. The van der Waals surface area contributed by atoms with Crippen LogP contribution in [0.1, 0.15) is 12.4 Å². The van der Waals surface area contributed by atoms with Crippen molar-refractivity contribution < 1.29 is 8.78 Å². The van der Waals surface area contributed by atoms with Crippen molar-refractivity contribution in [1.82, 2.24) is 19.1 Å². The van der Waals surface area contributed by atoms with Crippen LogP contribution in [0.2, 0.25) is 0 Å². The number of benzene rings is 2. The maximum absolute atomic E-state index is 13.6. The van der Waals surface area contributed by atoms with E-state index in [9.17, 15) is 8.78 Å². The van der Waals surface area contributed by atoms with E-state index in [1.165, 1.54) is 11.8 Å². The van der Waals surface area contributed by atoms with Crippen LogP contribution in [0.3, 0.4) is 0 Å². The highest BCUT2D eigenvalue weighted by atomic mass is 32.2. The third-order valence-corrected chi connectivity index (χ3v) is 5.10. The first-order valence-corrected chi connectivity index (χ1v) is 9.10. The smallest absolute Gasteiger partial charge is 0.315 e. The predicted molar refractivity (Wildman–Crippen MR) is 100 cm³/mol. The molecule has 4 nitrogen and oxygen atoms in total. The van der Waals surface area contributed by atoms with Crippen molar-refractivity contribution in [2.75, 3.05) is 0 Å². The molecule has 0 N–H and O–H groups in total. The summed E-state index contributed by atoms with van der Waals surface area (Å²) in [5, 5.41) is 0.763. The van der Waals surface area contributed by atoms with Crippen LogP contribution in [0.15, 0.2) is 66.3 Å². The third-order valence-electron chi connectivity index (χ3n) is 4.13. The standard InChI is InChI=1S/C19H16F2N4S/c1-2-11-24-15-9-5-3-7-13(15)23-19(24)26-12-17-22-14-8-4-6-10-16(14)25(17)18(20)21/h2-10,18H,1,11-12H2. The van der Waals surface area contributed by atoms with E-state index in [1.54, 1.807) is 30.3 Å². The molecule has 4 rings (SSSR count). The van der Waals surface area contributed by atoms with Crippen molar-refractivity contribution in [1.29, 1.82) is 0 Å². The Hall–Kier alpha value is -2.67. The van der Waals surface area contributed by atoms with Gasteiger partial charge in [0, 0.05) is 6.54 Å². The lowest BCUT2D eigenvalue weighted by Gasteiger charge is -2.08. The average molecular weight is 370 g/mol. The van der Waals surface area contributed by atoms with Crippen LogP contribution in [0.5, 0.6) is 0 Å². The van der Waals surface area contributed by atoms with Crippen LogP contribution in [0.25, 0.3) is 22.1 Å². The topological polar surface area (TPSA) is 35.6 Å². The largest absolute Gasteiger partial charge is 0.320 e. The minimum absolute atomic E-state index is 0.305. The molecule has 0 radical (unpaired) electrons. The van der Waals surface area contributed by atoms with E-state index >= 15 is 0 Å². The monoisotopic (exact) mass is 370 g/mol. The molecule has 7 heteroatoms. The maximum atomic E-state index is 13.6. The number of halogens is 2. The lowest BCUT2D eigenvalue weighted by atomic mass is 10.3. The molecule has 0 aliphatic rings. The lowest BCUT2D eigenvalue weighted by molar-refractivity contribution is 0.0722. The Morgan fingerprint density at radius 2 is 1.65 bits per heavy atom. The molecule has 0 unspecified atom stereocenters. The molecular weight excluding hydrogens is 354 g/mol. The Labute approximate surface area is 153 Å². The number of rotatable bonds is 6. The van der Waals surface area contributed by atoms with Gasteiger partial charge in [-0.25, -0.2) is 9.97 Å². The van der Waals surface area contributed by atoms with Gasteiger partial charge < -0.3 is 4.57 Å². The van der Waals surface area contributed by atoms with Gasteiger partial charge in [-0.05, 0) is 24.3 Å². The summed E-state index contributed by atoms with van der Waals surface area (Å²) in [5.41, 5.74) is 2.89. The molecule has 2 heterocycles. The quantitative estimate of drug-likeness (QED) is 0.343. The molecule has 4 aromatic rings. The first-order valence-electron chi connectivity index (χ1n) is 8.12. The highest BCUT2D eigenvalue weighted by Gasteiger charge is 2.19. The molecule has 0 aliphatic heterocycles. The van der Waals surface area contributed by atoms with Crippen LogP contribution >= 0.6 is 11.8 Å². The molecule has 0 bridgehead atoms. The highest BCUT2D eigenvalue weighted by Crippen LogP contribution is 2.30. The Morgan fingerprint density at radius 1 is 1.00 bits per heavy atom. The normalized spacial score (nSPS) is 11.7. The van der Waals surface area contributed by atoms with Crippen molar-refractivity contribution in [3.63, 3.8) is 0 Å². The van der Waals surface area contributed by atoms with E-state index in [2.05, 4.69) is 16.5 Å². The van der Waals surface area contributed by atoms with E-state index in [0.29, 0.717) is 29.2 Å². The molecular formula is C19H16F2N4S. The fourth-order valence-electron chi connectivity index (χ4n) is 3.01. The number of imidazole rings is 2. The summed E-state index contributed by atoms with van der Waals surface area (Å²) in [7, 11) is 0. The van der Waals surface area contributed by atoms with E-state index in [4.69, 9.17) is 0 Å². The van der Waals surface area contributed by atoms with Gasteiger partial charge in [0.1, 0.15) is 5.82 Å². The van der Waals surface area contributed by atoms with Crippen LogP contribution in [-0.2, 0) is 12.3 Å². The molecule has 0 atom stereocenters. The average Bonchev–Trinajstić information content (AvgIpc) is 3.18. The highest BCUT2D eigenvalue weighted by molar-refractivity contribution is 7.98. The lowest BCUT2D eigenvalue weighted by Crippen LogP contribution is -2.04. The van der Waals surface area contributed by atoms with Gasteiger partial charge in [0.05, 0.1) is 27.8 Å². The summed E-state index contributed by atoms with van der Waals surface area (Å²) in [6.45, 7) is 1.77. The Morgan fingerprint density at radius 3 is 2.35 bits per heavy atom. The van der Waals surface area contributed by atoms with E-state index in [0.717, 1.165) is 20.8 Å². The molecule has 0 fully saturated rings. The zero-order valence-corrected chi connectivity index (χ0v) is 14.7. The van der Waals surface area contributed by atoms with E-state index in [1.807, 2.05) is 28.8 Å². The van der Waals surface area contributed by atoms with Crippen molar-refractivity contribution in [3.8, 4) is 0 Å². The number of fused-ring (bicyclic) bond motifs is 2. The summed E-state index contributed by atoms with van der Waals surface area (Å²) in [4.78, 5) is 9.01. The van der Waals surface area contributed by atoms with Crippen LogP contribution in [0, 0.1) is 0 Å². The summed E-state index contributed by atoms with van der Waals surface area (Å²) >= 11 is 1.40. The SMILES string of the molecule is C=CCn1c(SCc2nc3ccccc3n2C(F)F)nc2ccccc21. The molecule has 0 amide bonds. The molecule has 0 spiro atoms. The van der Waals surface area contributed by atoms with Gasteiger partial charge in [0.15, 0.2) is 5.16 Å². The Kier molecular flexibility index (Phi) is 4.46. The van der Waals surface area contributed by atoms with Gasteiger partial charge in [-0.1, -0.05) is 42.1 Å². The van der Waals surface area contributed by atoms with Gasteiger partial charge in [-0.15, -0.1) is 6.58 Å². The number of para-hydroxylation sites is 4. The van der Waals surface area contributed by atoms with Crippen LogP contribution < -0.4 is 0 Å². The second-order valence-electron chi connectivity index (χ2n) is 5.74. The number of nitrogens with zero attached hydrogens (tertiary/aromatic N) is 4. The number of aromatic nitrogens is 4. The fraction of sp³-hybridized carbons (Fsp3) is 0.158. The second kappa shape index (κ2) is 6.92. The van der Waals surface area contributed by atoms with Gasteiger partial charge in [-0.3, -0.25) is 4.57 Å². The first-order chi connectivity index (χ1) is 12.7. The second-order valence-corrected chi connectivity index (χ2v) is 6.68. The molecule has 0 saturated carbocycles. The fourth-order valence-corrected chi connectivity index (χ4v) is 3.97. The molecule has 132 valence electrons. The van der Waals surface area contributed by atoms with Crippen molar-refractivity contribution in [2.45, 2.75) is 24.0 Å². The number of alkyl halides is 2. The molecule has 26 heavy (non-hydrogen) atoms. The molecule has 0 aliphatic carbocycles. The van der Waals surface area contributed by atoms with Crippen LogP contribution in [-0.4, -0.2) is 19.1 Å². The van der Waals surface area contributed by atoms with E-state index in [-0.39, 0.29) is 0 Å². The van der Waals surface area contributed by atoms with Crippen molar-refractivity contribution in [2.24, 2.45) is 0 Å². The van der Waals surface area contributed by atoms with E-state index < -0.39 is 6.55 Å². The molecule has 0 saturated heterocycles. The number of allylic oxidation sites excluding steroid dienone is 1. The number of hydrogen-bond acceptors (Lipinski definition) is 3. The van der Waals surface area contributed by atoms with Gasteiger partial charge in [0.25, 0.3) is 0 Å². The molecule has 2 aromatic heterocycles. The zero-order chi connectivity index (χ0) is 18.1. The molecule has 2 aromatic carbocycles. The Bertz CT molecular complexity index is 1080. The summed E-state index contributed by atoms with van der Waals surface area (Å²) in [6, 6.07) is 14.8. The number of hydrogen-bond donors (Lipinski definition) is 0. The zero-order valence-electron chi connectivity index (χ0n) is 13.8. The maximum Gasteiger partial charge on any atom is 0.320 e. The van der Waals surface area contributed by atoms with Gasteiger partial charge >= 0.3 is 6.55 Å². The third kappa shape index (κ3) is 2.88. The Balaban J connectivity index is 1.71. The summed E-state index contributed by atoms with van der Waals surface area (Å²) in [5.74, 6) is 0.642. The summed E-state index contributed by atoms with van der Waals surface area (Å²) < 4.78 is 30.1. The van der Waals surface area contributed by atoms with Crippen LogP contribution in [0.4, 0.5) is 8.78 Å². The van der Waals surface area contributed by atoms with Gasteiger partial charge in [-0.2, -0.15) is 8.78 Å². The minimum Gasteiger partial charge on any atom is -0.315 e. The first kappa shape index (κ1) is 16.8. The minimum atomic E-state index is -2.63. The number of thioether (sulfide) groups is 1. The van der Waals surface area contributed by atoms with Crippen molar-refractivity contribution >= 4 is 33.8 Å². The summed E-state index contributed by atoms with van der Waals surface area (Å²) in [6.07, 6.45) is 1.80. The van der Waals surface area contributed by atoms with Gasteiger partial charge in [0.2, 0.25) is 0 Å².